The number of anilines is 6. The van der Waals surface area contributed by atoms with Crippen LogP contribution in [0.4, 0.5) is 34.1 Å². The Bertz CT molecular complexity index is 3020. The van der Waals surface area contributed by atoms with Crippen LogP contribution in [0.1, 0.15) is 0 Å². The molecular formula is C59H42N4. The largest absolute Gasteiger partial charge is 0.310 e. The average molecular weight is 807 g/mol. The number of nitrogens with zero attached hydrogens (tertiary/aromatic N) is 4. The monoisotopic (exact) mass is 806 g/mol. The fourth-order valence-electron chi connectivity index (χ4n) is 8.77. The lowest BCUT2D eigenvalue weighted by Gasteiger charge is -2.26. The highest BCUT2D eigenvalue weighted by atomic mass is 15.1. The zero-order valence-electron chi connectivity index (χ0n) is 34.5. The molecule has 0 aliphatic heterocycles. The number of hydrogen-bond donors (Lipinski definition) is 0. The fourth-order valence-corrected chi connectivity index (χ4v) is 8.77. The van der Waals surface area contributed by atoms with Gasteiger partial charge in [0.25, 0.3) is 0 Å². The molecule has 9 aromatic carbocycles. The normalized spacial score (nSPS) is 11.2. The molecule has 0 amide bonds. The minimum atomic E-state index is 0.949. The van der Waals surface area contributed by atoms with Crippen LogP contribution >= 0.6 is 0 Å². The molecular weight excluding hydrogens is 765 g/mol. The van der Waals surface area contributed by atoms with Gasteiger partial charge in [0, 0.05) is 61.7 Å². The predicted molar refractivity (Wildman–Crippen MR) is 264 cm³/mol. The summed E-state index contributed by atoms with van der Waals surface area (Å²) in [4.78, 5) is 9.80. The van der Waals surface area contributed by atoms with E-state index in [9.17, 15) is 0 Å². The third-order valence-corrected chi connectivity index (χ3v) is 11.7. The van der Waals surface area contributed by atoms with Crippen LogP contribution in [0.15, 0.2) is 255 Å². The molecule has 4 heteroatoms. The molecule has 298 valence electrons. The SMILES string of the molecule is c1ccc(-c2cc(-c3ccc(-n4c5ccc(N(c6ccccc6)c6ccccc6)cc5c5cc(N(c6ccccc6)c6ccccc6)ccc54)cc3)cc(-c3ccccc3)n2)cc1. The van der Waals surface area contributed by atoms with Crippen molar-refractivity contribution in [3.05, 3.63) is 255 Å². The summed E-state index contributed by atoms with van der Waals surface area (Å²) in [7, 11) is 0. The quantitative estimate of drug-likeness (QED) is 0.138. The predicted octanol–water partition coefficient (Wildman–Crippen LogP) is 16.1. The van der Waals surface area contributed by atoms with Gasteiger partial charge >= 0.3 is 0 Å². The summed E-state index contributed by atoms with van der Waals surface area (Å²) in [5.41, 5.74) is 16.3. The van der Waals surface area contributed by atoms with Crippen molar-refractivity contribution in [1.29, 1.82) is 0 Å². The van der Waals surface area contributed by atoms with Crippen molar-refractivity contribution in [3.8, 4) is 39.3 Å². The number of fused-ring (bicyclic) bond motifs is 3. The Labute approximate surface area is 367 Å². The van der Waals surface area contributed by atoms with E-state index in [1.807, 2.05) is 12.1 Å². The van der Waals surface area contributed by atoms with Crippen LogP contribution in [0.5, 0.6) is 0 Å². The second-order valence-corrected chi connectivity index (χ2v) is 15.7. The van der Waals surface area contributed by atoms with Crippen LogP contribution in [0, 0.1) is 0 Å². The lowest BCUT2D eigenvalue weighted by Crippen LogP contribution is -2.09. The van der Waals surface area contributed by atoms with Gasteiger partial charge < -0.3 is 14.4 Å². The second kappa shape index (κ2) is 16.5. The lowest BCUT2D eigenvalue weighted by atomic mass is 10.00. The molecule has 2 aromatic heterocycles. The van der Waals surface area contributed by atoms with Crippen molar-refractivity contribution in [2.45, 2.75) is 0 Å². The minimum absolute atomic E-state index is 0.949. The molecule has 2 heterocycles. The van der Waals surface area contributed by atoms with Crippen LogP contribution in [0.25, 0.3) is 61.1 Å². The highest BCUT2D eigenvalue weighted by molar-refractivity contribution is 6.12. The molecule has 11 rings (SSSR count). The van der Waals surface area contributed by atoms with Crippen LogP contribution in [-0.4, -0.2) is 9.55 Å². The lowest BCUT2D eigenvalue weighted by molar-refractivity contribution is 1.18. The third kappa shape index (κ3) is 7.30. The molecule has 0 unspecified atom stereocenters. The Balaban J connectivity index is 1.09. The maximum absolute atomic E-state index is 5.13. The van der Waals surface area contributed by atoms with Gasteiger partial charge in [0.1, 0.15) is 0 Å². The van der Waals surface area contributed by atoms with E-state index in [1.54, 1.807) is 0 Å². The summed E-state index contributed by atoms with van der Waals surface area (Å²) in [6.45, 7) is 0. The number of hydrogen-bond acceptors (Lipinski definition) is 3. The topological polar surface area (TPSA) is 24.3 Å². The maximum Gasteiger partial charge on any atom is 0.0715 e. The van der Waals surface area contributed by atoms with Gasteiger partial charge in [-0.1, -0.05) is 146 Å². The first-order valence-electron chi connectivity index (χ1n) is 21.4. The van der Waals surface area contributed by atoms with Gasteiger partial charge in [0.2, 0.25) is 0 Å². The molecule has 0 N–H and O–H groups in total. The second-order valence-electron chi connectivity index (χ2n) is 15.7. The molecule has 0 bridgehead atoms. The molecule has 0 spiro atoms. The van der Waals surface area contributed by atoms with Crippen molar-refractivity contribution in [2.75, 3.05) is 9.80 Å². The highest BCUT2D eigenvalue weighted by Gasteiger charge is 2.20. The summed E-state index contributed by atoms with van der Waals surface area (Å²) in [6.07, 6.45) is 0. The van der Waals surface area contributed by atoms with E-state index >= 15 is 0 Å². The van der Waals surface area contributed by atoms with E-state index in [4.69, 9.17) is 4.98 Å². The Morgan fingerprint density at radius 3 is 0.984 bits per heavy atom. The summed E-state index contributed by atoms with van der Waals surface area (Å²) in [5.74, 6) is 0. The van der Waals surface area contributed by atoms with E-state index < -0.39 is 0 Å². The molecule has 0 radical (unpaired) electrons. The molecule has 11 aromatic rings. The Hall–Kier alpha value is -8.47. The number of pyridine rings is 1. The number of para-hydroxylation sites is 4. The zero-order chi connectivity index (χ0) is 42.0. The van der Waals surface area contributed by atoms with E-state index in [0.717, 1.165) is 84.5 Å². The number of rotatable bonds is 10. The Kier molecular flexibility index (Phi) is 9.85. The van der Waals surface area contributed by atoms with Crippen molar-refractivity contribution in [3.63, 3.8) is 0 Å². The van der Waals surface area contributed by atoms with Crippen LogP contribution in [0.3, 0.4) is 0 Å². The fraction of sp³-hybridized carbons (Fsp3) is 0. The van der Waals surface area contributed by atoms with Gasteiger partial charge in [-0.2, -0.15) is 0 Å². The Morgan fingerprint density at radius 2 is 0.619 bits per heavy atom. The molecule has 0 aliphatic rings. The molecule has 0 saturated heterocycles. The first-order chi connectivity index (χ1) is 31.2. The summed E-state index contributed by atoms with van der Waals surface area (Å²) in [6, 6.07) is 90.5. The van der Waals surface area contributed by atoms with Gasteiger partial charge in [-0.15, -0.1) is 0 Å². The van der Waals surface area contributed by atoms with Crippen molar-refractivity contribution < 1.29 is 0 Å². The first kappa shape index (κ1) is 37.5. The van der Waals surface area contributed by atoms with Crippen molar-refractivity contribution in [2.24, 2.45) is 0 Å². The number of aromatic nitrogens is 2. The molecule has 0 fully saturated rings. The Morgan fingerprint density at radius 1 is 0.270 bits per heavy atom. The summed E-state index contributed by atoms with van der Waals surface area (Å²) in [5, 5.41) is 2.33. The van der Waals surface area contributed by atoms with E-state index in [1.165, 1.54) is 10.8 Å². The van der Waals surface area contributed by atoms with Crippen molar-refractivity contribution in [1.82, 2.24) is 9.55 Å². The van der Waals surface area contributed by atoms with Crippen molar-refractivity contribution >= 4 is 55.9 Å². The average Bonchev–Trinajstić information content (AvgIpc) is 3.69. The molecule has 0 atom stereocenters. The summed E-state index contributed by atoms with van der Waals surface area (Å²) < 4.78 is 2.41. The van der Waals surface area contributed by atoms with Gasteiger partial charge in [-0.25, -0.2) is 4.98 Å². The van der Waals surface area contributed by atoms with E-state index in [0.29, 0.717) is 0 Å². The maximum atomic E-state index is 5.13. The summed E-state index contributed by atoms with van der Waals surface area (Å²) >= 11 is 0. The number of benzene rings is 9. The highest BCUT2D eigenvalue weighted by Crippen LogP contribution is 2.43. The van der Waals surface area contributed by atoms with Crippen LogP contribution in [0.2, 0.25) is 0 Å². The van der Waals surface area contributed by atoms with Gasteiger partial charge in [-0.05, 0) is 120 Å². The van der Waals surface area contributed by atoms with Crippen LogP contribution in [-0.2, 0) is 0 Å². The van der Waals surface area contributed by atoms with E-state index in [2.05, 4.69) is 257 Å². The van der Waals surface area contributed by atoms with Gasteiger partial charge in [-0.3, -0.25) is 0 Å². The van der Waals surface area contributed by atoms with Crippen LogP contribution < -0.4 is 9.80 Å². The molecule has 4 nitrogen and oxygen atoms in total. The smallest absolute Gasteiger partial charge is 0.0715 e. The standard InChI is InChI=1S/C59H42N4/c1-7-19-44(20-8-1)56-39-46(40-57(60-56)45-21-9-2-10-22-45)43-31-33-51(34-32-43)63-58-37-35-52(61(47-23-11-3-12-24-47)48-25-13-4-14-26-48)41-54(58)55-42-53(36-38-59(55)63)62(49-27-15-5-16-28-49)50-29-17-6-18-30-50/h1-42H. The first-order valence-corrected chi connectivity index (χ1v) is 21.4. The van der Waals surface area contributed by atoms with Gasteiger partial charge in [0.05, 0.1) is 22.4 Å². The zero-order valence-corrected chi connectivity index (χ0v) is 34.5. The minimum Gasteiger partial charge on any atom is -0.310 e. The molecule has 0 aliphatic carbocycles. The van der Waals surface area contributed by atoms with Gasteiger partial charge in [0.15, 0.2) is 0 Å². The molecule has 0 saturated carbocycles. The van der Waals surface area contributed by atoms with E-state index in [-0.39, 0.29) is 0 Å². The molecule has 63 heavy (non-hydrogen) atoms. The third-order valence-electron chi connectivity index (χ3n) is 11.7.